The third kappa shape index (κ3) is 3.54. The zero-order valence-corrected chi connectivity index (χ0v) is 18.0. The van der Waals surface area contributed by atoms with Crippen molar-refractivity contribution in [2.45, 2.75) is 19.4 Å². The van der Waals surface area contributed by atoms with Crippen LogP contribution in [0.1, 0.15) is 28.4 Å². The van der Waals surface area contributed by atoms with Crippen molar-refractivity contribution in [1.82, 2.24) is 9.55 Å². The van der Waals surface area contributed by atoms with Gasteiger partial charge in [-0.3, -0.25) is 9.78 Å². The number of aromatic nitrogens is 2. The summed E-state index contributed by atoms with van der Waals surface area (Å²) in [5.41, 5.74) is 8.31. The molecule has 0 saturated carbocycles. The fourth-order valence-corrected chi connectivity index (χ4v) is 3.90. The fourth-order valence-electron chi connectivity index (χ4n) is 3.90. The zero-order valence-electron chi connectivity index (χ0n) is 18.0. The molecular weight excluding hydrogens is 408 g/mol. The van der Waals surface area contributed by atoms with Gasteiger partial charge in [-0.05, 0) is 25.1 Å². The second-order valence-electron chi connectivity index (χ2n) is 7.31. The summed E-state index contributed by atoms with van der Waals surface area (Å²) in [6.45, 7) is 2.10. The number of methoxy groups -OCH3 is 2. The fraction of sp³-hybridized carbons (Fsp3) is 0.208. The summed E-state index contributed by atoms with van der Waals surface area (Å²) in [4.78, 5) is 18.1. The third-order valence-electron chi connectivity index (χ3n) is 5.49. The maximum atomic E-state index is 13.7. The molecule has 0 spiro atoms. The number of fused-ring (bicyclic) bond motifs is 1. The van der Waals surface area contributed by atoms with Crippen LogP contribution in [0.3, 0.4) is 0 Å². The summed E-state index contributed by atoms with van der Waals surface area (Å²) in [6.07, 6.45) is 1.68. The van der Waals surface area contributed by atoms with Gasteiger partial charge in [-0.1, -0.05) is 12.1 Å². The van der Waals surface area contributed by atoms with Gasteiger partial charge in [0.25, 0.3) is 5.56 Å². The molecule has 1 aliphatic rings. The summed E-state index contributed by atoms with van der Waals surface area (Å²) < 4.78 is 18.2. The SMILES string of the molecule is COc1ccc([C@@H]2C(C#N)=C(N)Oc3cc(C)n(Cc4ccccn4)c(=O)c32)c(OC)c1. The van der Waals surface area contributed by atoms with Crippen molar-refractivity contribution in [2.75, 3.05) is 14.2 Å². The van der Waals surface area contributed by atoms with E-state index in [1.807, 2.05) is 25.1 Å². The van der Waals surface area contributed by atoms with Crippen molar-refractivity contribution in [2.24, 2.45) is 5.73 Å². The van der Waals surface area contributed by atoms with Crippen LogP contribution in [-0.2, 0) is 6.54 Å². The average Bonchev–Trinajstić information content (AvgIpc) is 2.81. The minimum absolute atomic E-state index is 0.0378. The minimum Gasteiger partial charge on any atom is -0.497 e. The van der Waals surface area contributed by atoms with Gasteiger partial charge >= 0.3 is 0 Å². The normalized spacial score (nSPS) is 14.9. The number of nitrogens with zero attached hydrogens (tertiary/aromatic N) is 3. The number of nitrogens with two attached hydrogens (primary N) is 1. The van der Waals surface area contributed by atoms with E-state index >= 15 is 0 Å². The second-order valence-corrected chi connectivity index (χ2v) is 7.31. The molecule has 8 nitrogen and oxygen atoms in total. The van der Waals surface area contributed by atoms with Gasteiger partial charge < -0.3 is 24.5 Å². The number of pyridine rings is 2. The van der Waals surface area contributed by atoms with Gasteiger partial charge in [-0.25, -0.2) is 0 Å². The Hall–Kier alpha value is -4.25. The minimum atomic E-state index is -0.757. The smallest absolute Gasteiger partial charge is 0.259 e. The molecule has 0 fully saturated rings. The monoisotopic (exact) mass is 430 g/mol. The third-order valence-corrected chi connectivity index (χ3v) is 5.49. The van der Waals surface area contributed by atoms with Crippen molar-refractivity contribution in [3.05, 3.63) is 93.0 Å². The lowest BCUT2D eigenvalue weighted by Crippen LogP contribution is -2.33. The second kappa shape index (κ2) is 8.47. The molecule has 2 N–H and O–H groups in total. The van der Waals surface area contributed by atoms with Gasteiger partial charge in [0.2, 0.25) is 5.88 Å². The van der Waals surface area contributed by atoms with Crippen molar-refractivity contribution in [3.63, 3.8) is 0 Å². The molecule has 0 amide bonds. The number of hydrogen-bond acceptors (Lipinski definition) is 7. The van der Waals surface area contributed by atoms with Gasteiger partial charge in [0.15, 0.2) is 0 Å². The van der Waals surface area contributed by atoms with Crippen LogP contribution in [0.25, 0.3) is 0 Å². The van der Waals surface area contributed by atoms with Gasteiger partial charge in [0, 0.05) is 29.6 Å². The number of hydrogen-bond donors (Lipinski definition) is 1. The maximum absolute atomic E-state index is 13.7. The lowest BCUT2D eigenvalue weighted by molar-refractivity contribution is 0.378. The molecule has 3 heterocycles. The van der Waals surface area contributed by atoms with Crippen molar-refractivity contribution < 1.29 is 14.2 Å². The van der Waals surface area contributed by atoms with Crippen molar-refractivity contribution in [1.29, 1.82) is 5.26 Å². The van der Waals surface area contributed by atoms with Crippen molar-refractivity contribution >= 4 is 0 Å². The molecule has 1 atom stereocenters. The number of aryl methyl sites for hydroxylation is 1. The predicted octanol–water partition coefficient (Wildman–Crippen LogP) is 2.84. The van der Waals surface area contributed by atoms with E-state index in [1.54, 1.807) is 42.1 Å². The van der Waals surface area contributed by atoms with E-state index < -0.39 is 5.92 Å². The molecule has 0 saturated heterocycles. The number of rotatable bonds is 5. The van der Waals surface area contributed by atoms with Crippen LogP contribution in [0.4, 0.5) is 0 Å². The first-order chi connectivity index (χ1) is 15.5. The summed E-state index contributed by atoms with van der Waals surface area (Å²) >= 11 is 0. The van der Waals surface area contributed by atoms with E-state index in [9.17, 15) is 10.1 Å². The number of ether oxygens (including phenoxy) is 3. The summed E-state index contributed by atoms with van der Waals surface area (Å²) in [6, 6.07) is 14.6. The standard InChI is InChI=1S/C24H22N4O4/c1-14-10-20-22(24(29)28(14)13-15-6-4-5-9-27-15)21(18(12-25)23(26)32-20)17-8-7-16(30-2)11-19(17)31-3/h4-11,21H,13,26H2,1-3H3/t21-/m1/s1. The Balaban J connectivity index is 1.96. The Morgan fingerprint density at radius 1 is 1.22 bits per heavy atom. The van der Waals surface area contributed by atoms with E-state index in [2.05, 4.69) is 11.1 Å². The first-order valence-electron chi connectivity index (χ1n) is 9.92. The highest BCUT2D eigenvalue weighted by molar-refractivity contribution is 5.59. The highest BCUT2D eigenvalue weighted by Crippen LogP contribution is 2.44. The van der Waals surface area contributed by atoms with Crippen LogP contribution in [-0.4, -0.2) is 23.8 Å². The molecular formula is C24H22N4O4. The van der Waals surface area contributed by atoms with E-state index in [0.29, 0.717) is 34.1 Å². The lowest BCUT2D eigenvalue weighted by Gasteiger charge is -2.28. The molecule has 3 aromatic rings. The van der Waals surface area contributed by atoms with Gasteiger partial charge in [0.05, 0.1) is 37.9 Å². The molecule has 162 valence electrons. The van der Waals surface area contributed by atoms with Crippen molar-refractivity contribution in [3.8, 4) is 23.3 Å². The molecule has 4 rings (SSSR count). The van der Waals surface area contributed by atoms with Crippen LogP contribution >= 0.6 is 0 Å². The summed E-state index contributed by atoms with van der Waals surface area (Å²) in [5, 5.41) is 9.88. The predicted molar refractivity (Wildman–Crippen MR) is 118 cm³/mol. The topological polar surface area (TPSA) is 112 Å². The Morgan fingerprint density at radius 2 is 2.03 bits per heavy atom. The van der Waals surface area contributed by atoms with Gasteiger partial charge in [-0.2, -0.15) is 5.26 Å². The number of allylic oxidation sites excluding steroid dienone is 1. The van der Waals surface area contributed by atoms with Crippen LogP contribution < -0.4 is 25.5 Å². The molecule has 1 aromatic carbocycles. The quantitative estimate of drug-likeness (QED) is 0.662. The molecule has 1 aliphatic heterocycles. The van der Waals surface area contributed by atoms with Crippen LogP contribution in [0.5, 0.6) is 17.2 Å². The molecule has 8 heteroatoms. The highest BCUT2D eigenvalue weighted by atomic mass is 16.5. The largest absolute Gasteiger partial charge is 0.497 e. The van der Waals surface area contributed by atoms with E-state index in [4.69, 9.17) is 19.9 Å². The molecule has 0 radical (unpaired) electrons. The van der Waals surface area contributed by atoms with Crippen LogP contribution in [0, 0.1) is 18.3 Å². The first kappa shape index (κ1) is 21.0. The average molecular weight is 430 g/mol. The Kier molecular flexibility index (Phi) is 5.56. The molecule has 0 bridgehead atoms. The molecule has 2 aromatic heterocycles. The summed E-state index contributed by atoms with van der Waals surface area (Å²) in [5.74, 6) is 0.588. The Bertz CT molecular complexity index is 1310. The molecule has 0 aliphatic carbocycles. The van der Waals surface area contributed by atoms with E-state index in [-0.39, 0.29) is 23.6 Å². The summed E-state index contributed by atoms with van der Waals surface area (Å²) in [7, 11) is 3.07. The van der Waals surface area contributed by atoms with Gasteiger partial charge in [0.1, 0.15) is 28.9 Å². The maximum Gasteiger partial charge on any atom is 0.259 e. The van der Waals surface area contributed by atoms with E-state index in [0.717, 1.165) is 5.69 Å². The number of nitriles is 1. The Morgan fingerprint density at radius 3 is 2.69 bits per heavy atom. The zero-order chi connectivity index (χ0) is 22.8. The lowest BCUT2D eigenvalue weighted by atomic mass is 9.83. The highest BCUT2D eigenvalue weighted by Gasteiger charge is 2.36. The molecule has 32 heavy (non-hydrogen) atoms. The van der Waals surface area contributed by atoms with E-state index in [1.165, 1.54) is 7.11 Å². The molecule has 0 unspecified atom stereocenters. The number of benzene rings is 1. The first-order valence-corrected chi connectivity index (χ1v) is 9.92. The Labute approximate surface area is 185 Å². The van der Waals surface area contributed by atoms with Gasteiger partial charge in [-0.15, -0.1) is 0 Å². The van der Waals surface area contributed by atoms with Crippen LogP contribution in [0.2, 0.25) is 0 Å². The van der Waals surface area contributed by atoms with Crippen LogP contribution in [0.15, 0.2) is 64.9 Å².